The van der Waals surface area contributed by atoms with Gasteiger partial charge in [0, 0.05) is 5.56 Å². The lowest BCUT2D eigenvalue weighted by atomic mass is 10.1. The largest absolute Gasteiger partial charge is 0.493 e. The highest BCUT2D eigenvalue weighted by Crippen LogP contribution is 2.28. The molecule has 24 heavy (non-hydrogen) atoms. The predicted octanol–water partition coefficient (Wildman–Crippen LogP) is 2.05. The average Bonchev–Trinajstić information content (AvgIpc) is 2.60. The van der Waals surface area contributed by atoms with Crippen LogP contribution in [0.15, 0.2) is 48.5 Å². The summed E-state index contributed by atoms with van der Waals surface area (Å²) in [7, 11) is 1.46. The Kier molecular flexibility index (Phi) is 5.78. The van der Waals surface area contributed by atoms with E-state index >= 15 is 0 Å². The fourth-order valence-corrected chi connectivity index (χ4v) is 2.18. The monoisotopic (exact) mass is 328 g/mol. The van der Waals surface area contributed by atoms with Gasteiger partial charge in [-0.3, -0.25) is 9.59 Å². The smallest absolute Gasteiger partial charge is 0.255 e. The predicted molar refractivity (Wildman–Crippen MR) is 90.0 cm³/mol. The van der Waals surface area contributed by atoms with Crippen LogP contribution < -0.4 is 20.5 Å². The molecule has 0 unspecified atom stereocenters. The number of hydrogen-bond donors (Lipinski definition) is 2. The summed E-state index contributed by atoms with van der Waals surface area (Å²) in [5, 5.41) is 2.92. The zero-order chi connectivity index (χ0) is 17.5. The number of primary amides is 1. The molecule has 0 heterocycles. The van der Waals surface area contributed by atoms with Crippen molar-refractivity contribution in [3.8, 4) is 11.5 Å². The van der Waals surface area contributed by atoms with Gasteiger partial charge in [0.1, 0.15) is 0 Å². The minimum absolute atomic E-state index is 0.129. The van der Waals surface area contributed by atoms with Gasteiger partial charge in [-0.15, -0.1) is 0 Å². The van der Waals surface area contributed by atoms with E-state index in [9.17, 15) is 9.59 Å². The molecule has 2 rings (SSSR count). The molecule has 0 saturated carbocycles. The SMILES string of the molecule is COc1cc(C(=O)N[C@H](C)c2ccccc2)ccc1OCC(N)=O. The van der Waals surface area contributed by atoms with Crippen LogP contribution in [0.2, 0.25) is 0 Å². The number of benzene rings is 2. The topological polar surface area (TPSA) is 90.7 Å². The summed E-state index contributed by atoms with van der Waals surface area (Å²) in [6.45, 7) is 1.65. The van der Waals surface area contributed by atoms with E-state index in [-0.39, 0.29) is 18.6 Å². The maximum atomic E-state index is 12.4. The van der Waals surface area contributed by atoms with Gasteiger partial charge in [0.15, 0.2) is 18.1 Å². The van der Waals surface area contributed by atoms with Gasteiger partial charge in [-0.05, 0) is 30.7 Å². The van der Waals surface area contributed by atoms with E-state index < -0.39 is 5.91 Å². The number of carbonyl (C=O) groups excluding carboxylic acids is 2. The molecule has 0 radical (unpaired) electrons. The molecule has 0 spiro atoms. The van der Waals surface area contributed by atoms with Crippen molar-refractivity contribution in [2.45, 2.75) is 13.0 Å². The minimum Gasteiger partial charge on any atom is -0.493 e. The van der Waals surface area contributed by atoms with Gasteiger partial charge in [0.25, 0.3) is 11.8 Å². The third-order valence-electron chi connectivity index (χ3n) is 3.44. The summed E-state index contributed by atoms with van der Waals surface area (Å²) >= 11 is 0. The maximum absolute atomic E-state index is 12.4. The van der Waals surface area contributed by atoms with Gasteiger partial charge in [-0.25, -0.2) is 0 Å². The first-order valence-electron chi connectivity index (χ1n) is 7.46. The Morgan fingerprint density at radius 1 is 1.12 bits per heavy atom. The van der Waals surface area contributed by atoms with Crippen LogP contribution in [0.3, 0.4) is 0 Å². The number of nitrogens with two attached hydrogens (primary N) is 1. The van der Waals surface area contributed by atoms with Crippen LogP contribution in [-0.4, -0.2) is 25.5 Å². The lowest BCUT2D eigenvalue weighted by molar-refractivity contribution is -0.119. The Morgan fingerprint density at radius 2 is 1.83 bits per heavy atom. The van der Waals surface area contributed by atoms with Crippen LogP contribution >= 0.6 is 0 Å². The summed E-state index contributed by atoms with van der Waals surface area (Å²) < 4.78 is 10.4. The third kappa shape index (κ3) is 4.49. The second kappa shape index (κ2) is 8.01. The minimum atomic E-state index is -0.587. The molecule has 0 aliphatic heterocycles. The Morgan fingerprint density at radius 3 is 2.46 bits per heavy atom. The molecule has 3 N–H and O–H groups in total. The number of hydrogen-bond acceptors (Lipinski definition) is 4. The van der Waals surface area contributed by atoms with Crippen molar-refractivity contribution in [2.24, 2.45) is 5.73 Å². The van der Waals surface area contributed by atoms with Crippen molar-refractivity contribution in [3.05, 3.63) is 59.7 Å². The summed E-state index contributed by atoms with van der Waals surface area (Å²) in [6, 6.07) is 14.3. The Bertz CT molecular complexity index is 716. The van der Waals surface area contributed by atoms with Crippen LogP contribution in [0, 0.1) is 0 Å². The molecule has 126 valence electrons. The van der Waals surface area contributed by atoms with Gasteiger partial charge in [0.2, 0.25) is 0 Å². The third-order valence-corrected chi connectivity index (χ3v) is 3.44. The Balaban J connectivity index is 2.10. The van der Waals surface area contributed by atoms with Crippen molar-refractivity contribution >= 4 is 11.8 Å². The van der Waals surface area contributed by atoms with Gasteiger partial charge in [-0.2, -0.15) is 0 Å². The number of ether oxygens (including phenoxy) is 2. The first-order valence-corrected chi connectivity index (χ1v) is 7.46. The molecular formula is C18H20N2O4. The van der Waals surface area contributed by atoms with E-state index in [1.165, 1.54) is 7.11 Å². The quantitative estimate of drug-likeness (QED) is 0.814. The van der Waals surface area contributed by atoms with Crippen LogP contribution in [0.5, 0.6) is 11.5 Å². The van der Waals surface area contributed by atoms with Crippen molar-refractivity contribution in [1.29, 1.82) is 0 Å². The number of nitrogens with one attached hydrogen (secondary N) is 1. The zero-order valence-electron chi connectivity index (χ0n) is 13.6. The van der Waals surface area contributed by atoms with Gasteiger partial charge < -0.3 is 20.5 Å². The van der Waals surface area contributed by atoms with Crippen LogP contribution in [0.1, 0.15) is 28.9 Å². The van der Waals surface area contributed by atoms with E-state index in [2.05, 4.69) is 5.32 Å². The second-order valence-electron chi connectivity index (χ2n) is 5.23. The van der Waals surface area contributed by atoms with E-state index in [4.69, 9.17) is 15.2 Å². The Labute approximate surface area is 140 Å². The molecular weight excluding hydrogens is 308 g/mol. The fourth-order valence-electron chi connectivity index (χ4n) is 2.18. The highest BCUT2D eigenvalue weighted by Gasteiger charge is 2.14. The summed E-state index contributed by atoms with van der Waals surface area (Å²) in [4.78, 5) is 23.2. The molecule has 0 aliphatic carbocycles. The van der Waals surface area contributed by atoms with Gasteiger partial charge in [-0.1, -0.05) is 30.3 Å². The van der Waals surface area contributed by atoms with Gasteiger partial charge >= 0.3 is 0 Å². The average molecular weight is 328 g/mol. The van der Waals surface area contributed by atoms with E-state index in [1.54, 1.807) is 18.2 Å². The summed E-state index contributed by atoms with van der Waals surface area (Å²) in [5.41, 5.74) is 6.50. The molecule has 1 atom stereocenters. The van der Waals surface area contributed by atoms with E-state index in [1.807, 2.05) is 37.3 Å². The second-order valence-corrected chi connectivity index (χ2v) is 5.23. The summed E-state index contributed by atoms with van der Waals surface area (Å²) in [6.07, 6.45) is 0. The summed E-state index contributed by atoms with van der Waals surface area (Å²) in [5.74, 6) is -0.109. The molecule has 0 aromatic heterocycles. The molecule has 0 aliphatic rings. The normalized spacial score (nSPS) is 11.4. The number of methoxy groups -OCH3 is 1. The Hall–Kier alpha value is -3.02. The molecule has 2 amide bonds. The van der Waals surface area contributed by atoms with Crippen molar-refractivity contribution in [2.75, 3.05) is 13.7 Å². The van der Waals surface area contributed by atoms with Crippen LogP contribution in [0.25, 0.3) is 0 Å². The molecule has 0 saturated heterocycles. The number of amides is 2. The fraction of sp³-hybridized carbons (Fsp3) is 0.222. The first kappa shape index (κ1) is 17.3. The highest BCUT2D eigenvalue weighted by atomic mass is 16.5. The van der Waals surface area contributed by atoms with Crippen LogP contribution in [-0.2, 0) is 4.79 Å². The molecule has 2 aromatic carbocycles. The number of carbonyl (C=O) groups is 2. The molecule has 2 aromatic rings. The molecule has 6 nitrogen and oxygen atoms in total. The first-order chi connectivity index (χ1) is 11.5. The highest BCUT2D eigenvalue weighted by molar-refractivity contribution is 5.95. The standard InChI is InChI=1S/C18H20N2O4/c1-12(13-6-4-3-5-7-13)20-18(22)14-8-9-15(16(10-14)23-2)24-11-17(19)21/h3-10,12H,11H2,1-2H3,(H2,19,21)(H,20,22)/t12-/m1/s1. The molecule has 6 heteroatoms. The lowest BCUT2D eigenvalue weighted by Gasteiger charge is -2.15. The lowest BCUT2D eigenvalue weighted by Crippen LogP contribution is -2.26. The maximum Gasteiger partial charge on any atom is 0.255 e. The number of rotatable bonds is 7. The van der Waals surface area contributed by atoms with Crippen molar-refractivity contribution in [1.82, 2.24) is 5.32 Å². The van der Waals surface area contributed by atoms with E-state index in [0.717, 1.165) is 5.56 Å². The zero-order valence-corrected chi connectivity index (χ0v) is 13.6. The molecule has 0 fully saturated rings. The molecule has 0 bridgehead atoms. The van der Waals surface area contributed by atoms with Crippen LogP contribution in [0.4, 0.5) is 0 Å². The van der Waals surface area contributed by atoms with Gasteiger partial charge in [0.05, 0.1) is 13.2 Å². The van der Waals surface area contributed by atoms with Crippen molar-refractivity contribution < 1.29 is 19.1 Å². The van der Waals surface area contributed by atoms with E-state index in [0.29, 0.717) is 17.1 Å². The van der Waals surface area contributed by atoms with Crippen molar-refractivity contribution in [3.63, 3.8) is 0 Å².